The maximum atomic E-state index is 12.2. The van der Waals surface area contributed by atoms with Gasteiger partial charge in [-0.05, 0) is 55.7 Å². The Hall–Kier alpha value is -0.596. The molecule has 0 aromatic carbocycles. The zero-order valence-electron chi connectivity index (χ0n) is 20.2. The monoisotopic (exact) mass is 428 g/mol. The minimum atomic E-state index is -1.92. The summed E-state index contributed by atoms with van der Waals surface area (Å²) in [5, 5.41) is 0.294. The molecule has 6 heteroatoms. The SMILES string of the molecule is CCOC(=O)C[C@@H]1C=C(O[Si](C)(C)C(C)(C)C)CC[C@@H]1O[Si](C)(C)C(C)(C)C. The van der Waals surface area contributed by atoms with E-state index in [-0.39, 0.29) is 28.1 Å². The molecule has 0 heterocycles. The molecule has 0 amide bonds. The summed E-state index contributed by atoms with van der Waals surface area (Å²) in [5.41, 5.74) is 0. The van der Waals surface area contributed by atoms with Crippen molar-refractivity contribution in [3.8, 4) is 0 Å². The molecule has 28 heavy (non-hydrogen) atoms. The van der Waals surface area contributed by atoms with Gasteiger partial charge < -0.3 is 13.6 Å². The molecule has 2 atom stereocenters. The van der Waals surface area contributed by atoms with Crippen molar-refractivity contribution in [2.45, 2.75) is 110 Å². The first-order valence-electron chi connectivity index (χ1n) is 10.7. The summed E-state index contributed by atoms with van der Waals surface area (Å²) < 4.78 is 18.5. The van der Waals surface area contributed by atoms with E-state index in [9.17, 15) is 4.79 Å². The van der Waals surface area contributed by atoms with E-state index in [2.05, 4.69) is 73.8 Å². The average molecular weight is 429 g/mol. The fraction of sp³-hybridized carbons (Fsp3) is 0.864. The summed E-state index contributed by atoms with van der Waals surface area (Å²) in [5.74, 6) is 0.902. The molecule has 0 fully saturated rings. The lowest BCUT2D eigenvalue weighted by atomic mass is 9.89. The van der Waals surface area contributed by atoms with Crippen molar-refractivity contribution in [1.82, 2.24) is 0 Å². The van der Waals surface area contributed by atoms with Crippen LogP contribution in [0.15, 0.2) is 11.8 Å². The van der Waals surface area contributed by atoms with E-state index in [1.165, 1.54) is 0 Å². The largest absolute Gasteiger partial charge is 0.547 e. The molecule has 0 aromatic rings. The number of rotatable bonds is 7. The van der Waals surface area contributed by atoms with E-state index in [4.69, 9.17) is 13.6 Å². The molecule has 1 aliphatic carbocycles. The molecule has 0 N–H and O–H groups in total. The minimum absolute atomic E-state index is 0.0155. The Balaban J connectivity index is 3.07. The Morgan fingerprint density at radius 1 is 1.04 bits per heavy atom. The minimum Gasteiger partial charge on any atom is -0.547 e. The second-order valence-corrected chi connectivity index (χ2v) is 20.6. The number of hydrogen-bond donors (Lipinski definition) is 0. The van der Waals surface area contributed by atoms with Gasteiger partial charge in [-0.25, -0.2) is 0 Å². The topological polar surface area (TPSA) is 44.8 Å². The second-order valence-electron chi connectivity index (χ2n) is 11.1. The number of allylic oxidation sites excluding steroid dienone is 1. The van der Waals surface area contributed by atoms with Crippen molar-refractivity contribution in [3.63, 3.8) is 0 Å². The van der Waals surface area contributed by atoms with Crippen LogP contribution < -0.4 is 0 Å². The van der Waals surface area contributed by atoms with Crippen LogP contribution in [-0.2, 0) is 18.4 Å². The van der Waals surface area contributed by atoms with E-state index in [1.54, 1.807) is 0 Å². The molecule has 0 radical (unpaired) electrons. The first-order valence-corrected chi connectivity index (χ1v) is 16.5. The van der Waals surface area contributed by atoms with Gasteiger partial charge in [-0.2, -0.15) is 0 Å². The number of esters is 1. The van der Waals surface area contributed by atoms with E-state index in [0.717, 1.165) is 18.6 Å². The fourth-order valence-electron chi connectivity index (χ4n) is 2.80. The van der Waals surface area contributed by atoms with Crippen molar-refractivity contribution in [2.75, 3.05) is 6.61 Å². The predicted molar refractivity (Wildman–Crippen MR) is 122 cm³/mol. The first-order chi connectivity index (χ1) is 12.5. The lowest BCUT2D eigenvalue weighted by molar-refractivity contribution is -0.144. The van der Waals surface area contributed by atoms with Crippen LogP contribution in [0.5, 0.6) is 0 Å². The van der Waals surface area contributed by atoms with Gasteiger partial charge in [0.05, 0.1) is 24.9 Å². The van der Waals surface area contributed by atoms with Gasteiger partial charge >= 0.3 is 5.97 Å². The van der Waals surface area contributed by atoms with E-state index < -0.39 is 16.6 Å². The molecule has 1 rings (SSSR count). The first kappa shape index (κ1) is 25.4. The fourth-order valence-corrected chi connectivity index (χ4v) is 5.33. The zero-order chi connectivity index (χ0) is 22.0. The van der Waals surface area contributed by atoms with Crippen molar-refractivity contribution in [2.24, 2.45) is 5.92 Å². The van der Waals surface area contributed by atoms with Crippen LogP contribution in [0.3, 0.4) is 0 Å². The highest BCUT2D eigenvalue weighted by atomic mass is 28.4. The van der Waals surface area contributed by atoms with Crippen LogP contribution in [0.2, 0.25) is 36.3 Å². The smallest absolute Gasteiger partial charge is 0.306 e. The standard InChI is InChI=1S/C22H44O4Si2/c1-12-24-20(23)16-17-15-18(25-27(8,9)21(2,3)4)13-14-19(17)26-28(10,11)22(5,6)7/h15,17,19H,12-14,16H2,1-11H3/t17-,19-/m0/s1. The molecule has 0 bridgehead atoms. The molecule has 0 aromatic heterocycles. The quantitative estimate of drug-likeness (QED) is 0.336. The molecular formula is C22H44O4Si2. The zero-order valence-corrected chi connectivity index (χ0v) is 22.2. The Kier molecular flexibility index (Phi) is 8.22. The molecule has 1 aliphatic rings. The predicted octanol–water partition coefficient (Wildman–Crippen LogP) is 6.65. The van der Waals surface area contributed by atoms with Gasteiger partial charge in [-0.15, -0.1) is 0 Å². The van der Waals surface area contributed by atoms with Crippen molar-refractivity contribution in [3.05, 3.63) is 11.8 Å². The Labute approximate surface area is 175 Å². The van der Waals surface area contributed by atoms with Gasteiger partial charge in [0.25, 0.3) is 0 Å². The lowest BCUT2D eigenvalue weighted by Gasteiger charge is -2.43. The average Bonchev–Trinajstić information content (AvgIpc) is 2.47. The summed E-state index contributed by atoms with van der Waals surface area (Å²) in [6, 6.07) is 0. The molecule has 0 saturated carbocycles. The maximum absolute atomic E-state index is 12.2. The highest BCUT2D eigenvalue weighted by Gasteiger charge is 2.43. The Morgan fingerprint density at radius 3 is 2.04 bits per heavy atom. The van der Waals surface area contributed by atoms with Crippen molar-refractivity contribution in [1.29, 1.82) is 0 Å². The number of hydrogen-bond acceptors (Lipinski definition) is 4. The van der Waals surface area contributed by atoms with E-state index in [1.807, 2.05) is 6.92 Å². The number of carbonyl (C=O) groups is 1. The number of ether oxygens (including phenoxy) is 1. The third-order valence-corrected chi connectivity index (χ3v) is 15.6. The van der Waals surface area contributed by atoms with E-state index in [0.29, 0.717) is 13.0 Å². The van der Waals surface area contributed by atoms with Crippen LogP contribution in [0.1, 0.15) is 67.7 Å². The highest BCUT2D eigenvalue weighted by molar-refractivity contribution is 6.74. The lowest BCUT2D eigenvalue weighted by Crippen LogP contribution is -2.47. The van der Waals surface area contributed by atoms with Crippen LogP contribution >= 0.6 is 0 Å². The summed E-state index contributed by atoms with van der Waals surface area (Å²) in [6.45, 7) is 24.9. The van der Waals surface area contributed by atoms with E-state index >= 15 is 0 Å². The Morgan fingerprint density at radius 2 is 1.57 bits per heavy atom. The molecule has 0 aliphatic heterocycles. The number of carbonyl (C=O) groups excluding carboxylic acids is 1. The third-order valence-electron chi connectivity index (χ3n) is 6.71. The summed E-state index contributed by atoms with van der Waals surface area (Å²) in [7, 11) is -3.81. The van der Waals surface area contributed by atoms with Gasteiger partial charge in [0, 0.05) is 12.3 Å². The molecule has 0 unspecified atom stereocenters. The van der Waals surface area contributed by atoms with Gasteiger partial charge in [0.15, 0.2) is 8.32 Å². The van der Waals surface area contributed by atoms with Crippen molar-refractivity contribution >= 4 is 22.6 Å². The summed E-state index contributed by atoms with van der Waals surface area (Å²) >= 11 is 0. The molecular weight excluding hydrogens is 384 g/mol. The van der Waals surface area contributed by atoms with Gasteiger partial charge in [-0.3, -0.25) is 4.79 Å². The van der Waals surface area contributed by atoms with Crippen molar-refractivity contribution < 1.29 is 18.4 Å². The van der Waals surface area contributed by atoms with Gasteiger partial charge in [-0.1, -0.05) is 41.5 Å². The van der Waals surface area contributed by atoms with Gasteiger partial charge in [0.2, 0.25) is 8.32 Å². The second kappa shape index (κ2) is 9.04. The molecule has 164 valence electrons. The highest BCUT2D eigenvalue weighted by Crippen LogP contribution is 2.43. The third kappa shape index (κ3) is 6.73. The van der Waals surface area contributed by atoms with Crippen LogP contribution in [0.25, 0.3) is 0 Å². The maximum Gasteiger partial charge on any atom is 0.306 e. The summed E-state index contributed by atoms with van der Waals surface area (Å²) in [4.78, 5) is 12.2. The molecule has 0 spiro atoms. The van der Waals surface area contributed by atoms with Crippen LogP contribution in [0, 0.1) is 5.92 Å². The van der Waals surface area contributed by atoms with Crippen LogP contribution in [-0.4, -0.2) is 35.3 Å². The van der Waals surface area contributed by atoms with Gasteiger partial charge in [0.1, 0.15) is 0 Å². The molecule has 0 saturated heterocycles. The summed E-state index contributed by atoms with van der Waals surface area (Å²) in [6.07, 6.45) is 4.36. The Bertz CT molecular complexity index is 568. The van der Waals surface area contributed by atoms with Crippen LogP contribution in [0.4, 0.5) is 0 Å². The molecule has 4 nitrogen and oxygen atoms in total. The normalized spacial score (nSPS) is 21.9.